The number of anilines is 1. The van der Waals surface area contributed by atoms with Crippen molar-refractivity contribution in [3.8, 4) is 0 Å². The molecule has 2 aromatic rings. The van der Waals surface area contributed by atoms with Crippen LogP contribution in [0.4, 0.5) is 5.82 Å². The van der Waals surface area contributed by atoms with Crippen LogP contribution in [0.2, 0.25) is 5.02 Å². The summed E-state index contributed by atoms with van der Waals surface area (Å²) >= 11 is 5.85. The summed E-state index contributed by atoms with van der Waals surface area (Å²) in [5.41, 5.74) is 0.955. The minimum Gasteiger partial charge on any atom is -0.373 e. The maximum atomic E-state index is 5.85. The van der Waals surface area contributed by atoms with Crippen LogP contribution in [0.3, 0.4) is 0 Å². The molecule has 0 spiro atoms. The first kappa shape index (κ1) is 8.32. The van der Waals surface area contributed by atoms with Gasteiger partial charge in [-0.15, -0.1) is 0 Å². The first-order chi connectivity index (χ1) is 6.29. The Bertz CT molecular complexity index is 440. The third kappa shape index (κ3) is 1.58. The van der Waals surface area contributed by atoms with E-state index in [0.717, 1.165) is 21.7 Å². The van der Waals surface area contributed by atoms with Crippen molar-refractivity contribution in [2.75, 3.05) is 12.4 Å². The van der Waals surface area contributed by atoms with Crippen molar-refractivity contribution in [1.82, 2.24) is 4.98 Å². The van der Waals surface area contributed by atoms with Gasteiger partial charge in [0.25, 0.3) is 0 Å². The summed E-state index contributed by atoms with van der Waals surface area (Å²) in [6, 6.07) is 9.59. The first-order valence-electron chi connectivity index (χ1n) is 4.03. The lowest BCUT2D eigenvalue weighted by Crippen LogP contribution is -1.91. The number of rotatable bonds is 1. The van der Waals surface area contributed by atoms with E-state index < -0.39 is 0 Å². The summed E-state index contributed by atoms with van der Waals surface area (Å²) in [6.07, 6.45) is 0. The maximum Gasteiger partial charge on any atom is 0.126 e. The Labute approximate surface area is 81.6 Å². The fourth-order valence-corrected chi connectivity index (χ4v) is 1.42. The fourth-order valence-electron chi connectivity index (χ4n) is 1.24. The zero-order valence-corrected chi connectivity index (χ0v) is 7.97. The van der Waals surface area contributed by atoms with Crippen LogP contribution in [0, 0.1) is 0 Å². The van der Waals surface area contributed by atoms with Gasteiger partial charge in [0.05, 0.1) is 5.52 Å². The second-order valence-corrected chi connectivity index (χ2v) is 3.22. The third-order valence-electron chi connectivity index (χ3n) is 1.91. The fraction of sp³-hybridized carbons (Fsp3) is 0.100. The van der Waals surface area contributed by atoms with Crippen molar-refractivity contribution < 1.29 is 0 Å². The molecule has 0 aliphatic heterocycles. The van der Waals surface area contributed by atoms with Crippen molar-refractivity contribution >= 4 is 28.3 Å². The van der Waals surface area contributed by atoms with E-state index in [0.29, 0.717) is 0 Å². The molecule has 2 nitrogen and oxygen atoms in total. The number of fused-ring (bicyclic) bond motifs is 1. The highest BCUT2D eigenvalue weighted by molar-refractivity contribution is 6.31. The number of pyridine rings is 1. The molecule has 0 amide bonds. The number of hydrogen-bond acceptors (Lipinski definition) is 2. The molecule has 3 heteroatoms. The molecule has 0 atom stereocenters. The first-order valence-corrected chi connectivity index (χ1v) is 4.41. The molecule has 0 bridgehead atoms. The Morgan fingerprint density at radius 2 is 2.08 bits per heavy atom. The normalized spacial score (nSPS) is 10.3. The van der Waals surface area contributed by atoms with E-state index in [4.69, 9.17) is 11.6 Å². The number of nitrogens with one attached hydrogen (secondary N) is 1. The van der Waals surface area contributed by atoms with Gasteiger partial charge in [0.1, 0.15) is 5.82 Å². The molecular weight excluding hydrogens is 184 g/mol. The summed E-state index contributed by atoms with van der Waals surface area (Å²) in [6.45, 7) is 0. The van der Waals surface area contributed by atoms with Gasteiger partial charge in [-0.2, -0.15) is 0 Å². The van der Waals surface area contributed by atoms with Crippen molar-refractivity contribution in [2.45, 2.75) is 0 Å². The Morgan fingerprint density at radius 3 is 2.85 bits per heavy atom. The third-order valence-corrected chi connectivity index (χ3v) is 2.14. The Kier molecular flexibility index (Phi) is 2.07. The second-order valence-electron chi connectivity index (χ2n) is 2.78. The van der Waals surface area contributed by atoms with Gasteiger partial charge >= 0.3 is 0 Å². The zero-order chi connectivity index (χ0) is 9.26. The standard InChI is InChI=1S/C10H9ClN2/c1-12-10-5-2-7-6-8(11)3-4-9(7)13-10/h2-6H,1H3,(H,12,13). The SMILES string of the molecule is CNc1ccc2cc(Cl)ccc2n1. The molecule has 0 saturated carbocycles. The van der Waals surface area contributed by atoms with Gasteiger partial charge in [0.15, 0.2) is 0 Å². The van der Waals surface area contributed by atoms with E-state index in [1.165, 1.54) is 0 Å². The Balaban J connectivity index is 2.66. The minimum atomic E-state index is 0.742. The number of benzene rings is 1. The monoisotopic (exact) mass is 192 g/mol. The van der Waals surface area contributed by atoms with Crippen LogP contribution >= 0.6 is 11.6 Å². The highest BCUT2D eigenvalue weighted by Gasteiger charge is 1.96. The summed E-state index contributed by atoms with van der Waals surface area (Å²) < 4.78 is 0. The van der Waals surface area contributed by atoms with Crippen molar-refractivity contribution in [2.24, 2.45) is 0 Å². The summed E-state index contributed by atoms with van der Waals surface area (Å²) in [4.78, 5) is 4.37. The van der Waals surface area contributed by atoms with E-state index >= 15 is 0 Å². The van der Waals surface area contributed by atoms with Crippen LogP contribution in [0.15, 0.2) is 30.3 Å². The van der Waals surface area contributed by atoms with Crippen LogP contribution in [0.1, 0.15) is 0 Å². The van der Waals surface area contributed by atoms with Crippen molar-refractivity contribution in [1.29, 1.82) is 0 Å². The van der Waals surface area contributed by atoms with Crippen LogP contribution in [0.25, 0.3) is 10.9 Å². The quantitative estimate of drug-likeness (QED) is 0.752. The van der Waals surface area contributed by atoms with E-state index in [-0.39, 0.29) is 0 Å². The average molecular weight is 193 g/mol. The summed E-state index contributed by atoms with van der Waals surface area (Å²) in [5, 5.41) is 4.79. The van der Waals surface area contributed by atoms with Crippen LogP contribution < -0.4 is 5.32 Å². The van der Waals surface area contributed by atoms with Crippen molar-refractivity contribution in [3.63, 3.8) is 0 Å². The molecule has 1 heterocycles. The van der Waals surface area contributed by atoms with Crippen LogP contribution in [0.5, 0.6) is 0 Å². The molecule has 0 unspecified atom stereocenters. The lowest BCUT2D eigenvalue weighted by atomic mass is 10.2. The zero-order valence-electron chi connectivity index (χ0n) is 7.21. The maximum absolute atomic E-state index is 5.85. The molecule has 0 fully saturated rings. The van der Waals surface area contributed by atoms with E-state index in [1.54, 1.807) is 0 Å². The Hall–Kier alpha value is -1.28. The largest absolute Gasteiger partial charge is 0.373 e. The number of aromatic nitrogens is 1. The van der Waals surface area contributed by atoms with E-state index in [9.17, 15) is 0 Å². The number of halogens is 1. The molecule has 0 aliphatic rings. The second kappa shape index (κ2) is 3.23. The molecule has 0 saturated heterocycles. The van der Waals surface area contributed by atoms with Gasteiger partial charge in [-0.1, -0.05) is 11.6 Å². The molecule has 13 heavy (non-hydrogen) atoms. The van der Waals surface area contributed by atoms with Gasteiger partial charge in [0, 0.05) is 17.5 Å². The average Bonchev–Trinajstić information content (AvgIpc) is 2.17. The predicted octanol–water partition coefficient (Wildman–Crippen LogP) is 2.93. The van der Waals surface area contributed by atoms with E-state index in [2.05, 4.69) is 10.3 Å². The minimum absolute atomic E-state index is 0.742. The van der Waals surface area contributed by atoms with Gasteiger partial charge in [-0.25, -0.2) is 4.98 Å². The van der Waals surface area contributed by atoms with Crippen LogP contribution in [-0.2, 0) is 0 Å². The molecule has 66 valence electrons. The van der Waals surface area contributed by atoms with Crippen molar-refractivity contribution in [3.05, 3.63) is 35.4 Å². The van der Waals surface area contributed by atoms with Gasteiger partial charge in [-0.3, -0.25) is 0 Å². The number of hydrogen-bond donors (Lipinski definition) is 1. The molecule has 1 aromatic heterocycles. The predicted molar refractivity (Wildman–Crippen MR) is 56.3 cm³/mol. The lowest BCUT2D eigenvalue weighted by Gasteiger charge is -2.01. The van der Waals surface area contributed by atoms with Gasteiger partial charge < -0.3 is 5.32 Å². The number of nitrogens with zero attached hydrogens (tertiary/aromatic N) is 1. The van der Waals surface area contributed by atoms with Gasteiger partial charge in [-0.05, 0) is 30.3 Å². The summed E-state index contributed by atoms with van der Waals surface area (Å²) in [5.74, 6) is 0.870. The smallest absolute Gasteiger partial charge is 0.126 e. The molecule has 2 rings (SSSR count). The summed E-state index contributed by atoms with van der Waals surface area (Å²) in [7, 11) is 1.85. The Morgan fingerprint density at radius 1 is 1.23 bits per heavy atom. The highest BCUT2D eigenvalue weighted by atomic mass is 35.5. The molecule has 1 N–H and O–H groups in total. The highest BCUT2D eigenvalue weighted by Crippen LogP contribution is 2.19. The van der Waals surface area contributed by atoms with Gasteiger partial charge in [0.2, 0.25) is 0 Å². The molecule has 1 aromatic carbocycles. The molecular formula is C10H9ClN2. The van der Waals surface area contributed by atoms with E-state index in [1.807, 2.05) is 37.4 Å². The lowest BCUT2D eigenvalue weighted by molar-refractivity contribution is 1.34. The topological polar surface area (TPSA) is 24.9 Å². The molecule has 0 aliphatic carbocycles. The molecule has 0 radical (unpaired) electrons. The van der Waals surface area contributed by atoms with Crippen LogP contribution in [-0.4, -0.2) is 12.0 Å².